The molecule has 5 nitrogen and oxygen atoms in total. The molecular formula is C19H21Cl2N3O2. The molecular weight excluding hydrogens is 373 g/mol. The van der Waals surface area contributed by atoms with Gasteiger partial charge in [-0.05, 0) is 23.8 Å². The fourth-order valence-corrected chi connectivity index (χ4v) is 3.32. The molecule has 0 aromatic heterocycles. The normalized spacial score (nSPS) is 15.1. The van der Waals surface area contributed by atoms with Gasteiger partial charge in [0.05, 0.1) is 23.4 Å². The van der Waals surface area contributed by atoms with E-state index >= 15 is 0 Å². The van der Waals surface area contributed by atoms with Gasteiger partial charge in [0.15, 0.2) is 0 Å². The number of nitrogen functional groups attached to an aromatic ring is 1. The minimum atomic E-state index is -0.0881. The Balaban J connectivity index is 1.63. The van der Waals surface area contributed by atoms with E-state index in [9.17, 15) is 4.79 Å². The van der Waals surface area contributed by atoms with E-state index in [0.717, 1.165) is 24.7 Å². The van der Waals surface area contributed by atoms with Crippen molar-refractivity contribution in [2.24, 2.45) is 0 Å². The third kappa shape index (κ3) is 4.23. The largest absolute Gasteiger partial charge is 0.496 e. The fourth-order valence-electron chi connectivity index (χ4n) is 3.03. The van der Waals surface area contributed by atoms with Crippen molar-refractivity contribution in [1.29, 1.82) is 0 Å². The number of benzene rings is 2. The van der Waals surface area contributed by atoms with Gasteiger partial charge in [-0.15, -0.1) is 0 Å². The number of ether oxygens (including phenoxy) is 1. The predicted molar refractivity (Wildman–Crippen MR) is 105 cm³/mol. The minimum absolute atomic E-state index is 0.0881. The molecule has 1 amide bonds. The molecule has 0 spiro atoms. The predicted octanol–water partition coefficient (Wildman–Crippen LogP) is 3.54. The maximum absolute atomic E-state index is 12.9. The second kappa shape index (κ2) is 8.16. The van der Waals surface area contributed by atoms with Crippen LogP contribution in [0.2, 0.25) is 10.0 Å². The molecule has 1 aliphatic rings. The second-order valence-corrected chi connectivity index (χ2v) is 7.11. The van der Waals surface area contributed by atoms with Gasteiger partial charge >= 0.3 is 0 Å². The molecule has 0 aliphatic carbocycles. The first-order valence-corrected chi connectivity index (χ1v) is 9.12. The molecule has 7 heteroatoms. The van der Waals surface area contributed by atoms with Gasteiger partial charge in [0.1, 0.15) is 5.75 Å². The fraction of sp³-hybridized carbons (Fsp3) is 0.316. The van der Waals surface area contributed by atoms with Gasteiger partial charge < -0.3 is 15.4 Å². The van der Waals surface area contributed by atoms with Crippen LogP contribution in [0.25, 0.3) is 0 Å². The zero-order chi connectivity index (χ0) is 18.7. The Morgan fingerprint density at radius 2 is 1.77 bits per heavy atom. The standard InChI is InChI=1S/C19H21Cl2N3O2/c1-26-18-11-17(22)16(21)10-15(18)19(25)24-8-6-23(7-9-24)12-13-2-4-14(20)5-3-13/h2-5,10-11H,6-9,12,22H2,1H3. The molecule has 1 fully saturated rings. The highest BCUT2D eigenvalue weighted by Gasteiger charge is 2.25. The number of nitrogens with two attached hydrogens (primary N) is 1. The number of carbonyl (C=O) groups is 1. The zero-order valence-electron chi connectivity index (χ0n) is 14.5. The monoisotopic (exact) mass is 393 g/mol. The molecule has 1 heterocycles. The number of nitrogens with zero attached hydrogens (tertiary/aromatic N) is 2. The lowest BCUT2D eigenvalue weighted by Crippen LogP contribution is -2.48. The van der Waals surface area contributed by atoms with Crippen LogP contribution in [0.15, 0.2) is 36.4 Å². The van der Waals surface area contributed by atoms with Gasteiger partial charge in [0.25, 0.3) is 5.91 Å². The molecule has 2 N–H and O–H groups in total. The molecule has 0 bridgehead atoms. The van der Waals surface area contributed by atoms with E-state index in [2.05, 4.69) is 4.90 Å². The molecule has 2 aromatic carbocycles. The topological polar surface area (TPSA) is 58.8 Å². The van der Waals surface area contributed by atoms with E-state index in [1.807, 2.05) is 29.2 Å². The smallest absolute Gasteiger partial charge is 0.257 e. The summed E-state index contributed by atoms with van der Waals surface area (Å²) in [5.41, 5.74) is 7.84. The number of amides is 1. The number of hydrogen-bond donors (Lipinski definition) is 1. The highest BCUT2D eigenvalue weighted by molar-refractivity contribution is 6.33. The first-order chi connectivity index (χ1) is 12.5. The summed E-state index contributed by atoms with van der Waals surface area (Å²) in [6.07, 6.45) is 0. The van der Waals surface area contributed by atoms with Crippen LogP contribution < -0.4 is 10.5 Å². The number of hydrogen-bond acceptors (Lipinski definition) is 4. The van der Waals surface area contributed by atoms with Gasteiger partial charge in [-0.3, -0.25) is 9.69 Å². The SMILES string of the molecule is COc1cc(N)c(Cl)cc1C(=O)N1CCN(Cc2ccc(Cl)cc2)CC1. The highest BCUT2D eigenvalue weighted by atomic mass is 35.5. The lowest BCUT2D eigenvalue weighted by atomic mass is 10.1. The van der Waals surface area contributed by atoms with E-state index in [0.29, 0.717) is 35.1 Å². The van der Waals surface area contributed by atoms with Gasteiger partial charge in [-0.1, -0.05) is 35.3 Å². The van der Waals surface area contributed by atoms with E-state index in [1.54, 1.807) is 12.1 Å². The Kier molecular flexibility index (Phi) is 5.91. The molecule has 2 aromatic rings. The summed E-state index contributed by atoms with van der Waals surface area (Å²) in [5.74, 6) is 0.357. The molecule has 1 saturated heterocycles. The Hall–Kier alpha value is -1.95. The summed E-state index contributed by atoms with van der Waals surface area (Å²) in [7, 11) is 1.52. The first kappa shape index (κ1) is 18.8. The van der Waals surface area contributed by atoms with Gasteiger partial charge in [-0.25, -0.2) is 0 Å². The third-order valence-electron chi connectivity index (χ3n) is 4.53. The molecule has 0 saturated carbocycles. The Labute approximate surface area is 163 Å². The number of halogens is 2. The first-order valence-electron chi connectivity index (χ1n) is 8.37. The molecule has 0 unspecified atom stereocenters. The molecule has 3 rings (SSSR count). The van der Waals surface area contributed by atoms with Crippen LogP contribution in [0.4, 0.5) is 5.69 Å². The highest BCUT2D eigenvalue weighted by Crippen LogP contribution is 2.30. The van der Waals surface area contributed by atoms with E-state index < -0.39 is 0 Å². The molecule has 138 valence electrons. The van der Waals surface area contributed by atoms with Crippen molar-refractivity contribution in [2.45, 2.75) is 6.54 Å². The number of carbonyl (C=O) groups excluding carboxylic acids is 1. The summed E-state index contributed by atoms with van der Waals surface area (Å²) in [6, 6.07) is 11.0. The van der Waals surface area contributed by atoms with Crippen LogP contribution in [0, 0.1) is 0 Å². The summed E-state index contributed by atoms with van der Waals surface area (Å²) in [4.78, 5) is 17.0. The summed E-state index contributed by atoms with van der Waals surface area (Å²) in [6.45, 7) is 3.75. The number of anilines is 1. The molecule has 0 radical (unpaired) electrons. The Morgan fingerprint density at radius 3 is 2.38 bits per heavy atom. The minimum Gasteiger partial charge on any atom is -0.496 e. The lowest BCUT2D eigenvalue weighted by Gasteiger charge is -2.35. The van der Waals surface area contributed by atoms with Crippen LogP contribution in [-0.4, -0.2) is 49.0 Å². The number of methoxy groups -OCH3 is 1. The van der Waals surface area contributed by atoms with Crippen LogP contribution in [0.3, 0.4) is 0 Å². The van der Waals surface area contributed by atoms with Crippen molar-refractivity contribution in [3.63, 3.8) is 0 Å². The quantitative estimate of drug-likeness (QED) is 0.806. The molecule has 1 aliphatic heterocycles. The van der Waals surface area contributed by atoms with Crippen LogP contribution in [0.1, 0.15) is 15.9 Å². The Bertz CT molecular complexity index is 788. The van der Waals surface area contributed by atoms with Crippen molar-refractivity contribution in [1.82, 2.24) is 9.80 Å². The van der Waals surface area contributed by atoms with Crippen molar-refractivity contribution >= 4 is 34.8 Å². The van der Waals surface area contributed by atoms with E-state index in [1.165, 1.54) is 12.7 Å². The summed E-state index contributed by atoms with van der Waals surface area (Å²) >= 11 is 12.0. The maximum atomic E-state index is 12.9. The van der Waals surface area contributed by atoms with Crippen LogP contribution in [0.5, 0.6) is 5.75 Å². The average molecular weight is 394 g/mol. The van der Waals surface area contributed by atoms with Crippen molar-refractivity contribution in [3.8, 4) is 5.75 Å². The van der Waals surface area contributed by atoms with Crippen molar-refractivity contribution < 1.29 is 9.53 Å². The maximum Gasteiger partial charge on any atom is 0.257 e. The summed E-state index contributed by atoms with van der Waals surface area (Å²) < 4.78 is 5.30. The zero-order valence-corrected chi connectivity index (χ0v) is 16.1. The molecule has 0 atom stereocenters. The second-order valence-electron chi connectivity index (χ2n) is 6.27. The van der Waals surface area contributed by atoms with Crippen molar-refractivity contribution in [3.05, 3.63) is 57.6 Å². The van der Waals surface area contributed by atoms with E-state index in [-0.39, 0.29) is 5.91 Å². The Morgan fingerprint density at radius 1 is 1.12 bits per heavy atom. The average Bonchev–Trinajstić information content (AvgIpc) is 2.65. The van der Waals surface area contributed by atoms with Gasteiger partial charge in [0.2, 0.25) is 0 Å². The van der Waals surface area contributed by atoms with Gasteiger partial charge in [-0.2, -0.15) is 0 Å². The van der Waals surface area contributed by atoms with Gasteiger partial charge in [0, 0.05) is 43.8 Å². The molecule has 26 heavy (non-hydrogen) atoms. The number of piperazine rings is 1. The number of rotatable bonds is 4. The van der Waals surface area contributed by atoms with Crippen LogP contribution in [-0.2, 0) is 6.54 Å². The van der Waals surface area contributed by atoms with Crippen molar-refractivity contribution in [2.75, 3.05) is 39.0 Å². The lowest BCUT2D eigenvalue weighted by molar-refractivity contribution is 0.0625. The van der Waals surface area contributed by atoms with E-state index in [4.69, 9.17) is 33.7 Å². The third-order valence-corrected chi connectivity index (χ3v) is 5.11. The summed E-state index contributed by atoms with van der Waals surface area (Å²) in [5, 5.41) is 1.09. The van der Waals surface area contributed by atoms with Crippen LogP contribution >= 0.6 is 23.2 Å².